The molecule has 2 aliphatic rings. The van der Waals surface area contributed by atoms with E-state index in [9.17, 15) is 0 Å². The van der Waals surface area contributed by atoms with Crippen molar-refractivity contribution in [3.63, 3.8) is 0 Å². The molecular formula is C16H19Cl2N3. The predicted molar refractivity (Wildman–Crippen MR) is 86.9 cm³/mol. The maximum Gasteiger partial charge on any atom is 0.0697 e. The van der Waals surface area contributed by atoms with Gasteiger partial charge in [-0.1, -0.05) is 23.2 Å². The van der Waals surface area contributed by atoms with Gasteiger partial charge < -0.3 is 9.80 Å². The van der Waals surface area contributed by atoms with E-state index in [-0.39, 0.29) is 5.41 Å². The molecule has 0 aliphatic carbocycles. The fourth-order valence-electron chi connectivity index (χ4n) is 3.48. The van der Waals surface area contributed by atoms with Crippen LogP contribution < -0.4 is 4.90 Å². The van der Waals surface area contributed by atoms with Gasteiger partial charge in [0.1, 0.15) is 0 Å². The minimum Gasteiger partial charge on any atom is -0.370 e. The molecule has 0 N–H and O–H groups in total. The normalized spacial score (nSPS) is 20.8. The summed E-state index contributed by atoms with van der Waals surface area (Å²) >= 11 is 12.1. The van der Waals surface area contributed by atoms with Crippen LogP contribution in [0.3, 0.4) is 0 Å². The van der Waals surface area contributed by atoms with Crippen molar-refractivity contribution in [2.75, 3.05) is 37.6 Å². The lowest BCUT2D eigenvalue weighted by Crippen LogP contribution is -2.72. The highest BCUT2D eigenvalue weighted by atomic mass is 35.5. The number of anilines is 1. The molecule has 5 heteroatoms. The summed E-state index contributed by atoms with van der Waals surface area (Å²) in [5.41, 5.74) is 1.25. The fraction of sp³-hybridized carbons (Fsp3) is 0.562. The molecule has 21 heavy (non-hydrogen) atoms. The lowest BCUT2D eigenvalue weighted by molar-refractivity contribution is -0.0344. The first-order valence-corrected chi connectivity index (χ1v) is 7.91. The summed E-state index contributed by atoms with van der Waals surface area (Å²) in [5.74, 6) is 0. The van der Waals surface area contributed by atoms with E-state index in [4.69, 9.17) is 28.5 Å². The standard InChI is InChI=1S/C16H19Cl2N3/c1-15(2,6-19)7-20-8-16(9-20)10-21(11-16)14-4-12(17)3-13(18)5-14/h3-5H,7-11H2,1-2H3. The summed E-state index contributed by atoms with van der Waals surface area (Å²) in [6, 6.07) is 8.07. The van der Waals surface area contributed by atoms with Gasteiger partial charge in [0.2, 0.25) is 0 Å². The number of likely N-dealkylation sites (tertiary alicyclic amines) is 1. The zero-order valence-corrected chi connectivity index (χ0v) is 13.9. The summed E-state index contributed by atoms with van der Waals surface area (Å²) in [5, 5.41) is 10.5. The van der Waals surface area contributed by atoms with Gasteiger partial charge in [0.15, 0.2) is 0 Å². The monoisotopic (exact) mass is 323 g/mol. The van der Waals surface area contributed by atoms with E-state index in [1.807, 2.05) is 26.0 Å². The van der Waals surface area contributed by atoms with Crippen LogP contribution in [0.2, 0.25) is 10.0 Å². The van der Waals surface area contributed by atoms with E-state index >= 15 is 0 Å². The second-order valence-electron chi connectivity index (χ2n) is 7.12. The third-order valence-electron chi connectivity index (χ3n) is 4.30. The summed E-state index contributed by atoms with van der Waals surface area (Å²) in [6.07, 6.45) is 0. The number of rotatable bonds is 3. The van der Waals surface area contributed by atoms with Crippen LogP contribution in [0.5, 0.6) is 0 Å². The Kier molecular flexibility index (Phi) is 3.60. The lowest BCUT2D eigenvalue weighted by Gasteiger charge is -2.61. The van der Waals surface area contributed by atoms with Gasteiger partial charge in [0.25, 0.3) is 0 Å². The van der Waals surface area contributed by atoms with Crippen LogP contribution in [-0.2, 0) is 0 Å². The molecule has 3 nitrogen and oxygen atoms in total. The Morgan fingerprint density at radius 3 is 2.24 bits per heavy atom. The van der Waals surface area contributed by atoms with Gasteiger partial charge in [0.05, 0.1) is 11.5 Å². The van der Waals surface area contributed by atoms with Crippen molar-refractivity contribution < 1.29 is 0 Å². The van der Waals surface area contributed by atoms with Crippen LogP contribution in [0, 0.1) is 22.2 Å². The third kappa shape index (κ3) is 2.99. The Morgan fingerprint density at radius 1 is 1.14 bits per heavy atom. The van der Waals surface area contributed by atoms with Gasteiger partial charge >= 0.3 is 0 Å². The van der Waals surface area contributed by atoms with Crippen molar-refractivity contribution >= 4 is 28.9 Å². The lowest BCUT2D eigenvalue weighted by atomic mass is 9.71. The van der Waals surface area contributed by atoms with Crippen molar-refractivity contribution in [1.29, 1.82) is 5.26 Å². The molecule has 2 fully saturated rings. The summed E-state index contributed by atoms with van der Waals surface area (Å²) < 4.78 is 0. The molecule has 0 atom stereocenters. The van der Waals surface area contributed by atoms with Crippen molar-refractivity contribution in [3.8, 4) is 6.07 Å². The SMILES string of the molecule is CC(C)(C#N)CN1CC2(C1)CN(c1cc(Cl)cc(Cl)c1)C2. The molecule has 1 aromatic carbocycles. The molecule has 2 heterocycles. The van der Waals surface area contributed by atoms with Crippen LogP contribution in [0.4, 0.5) is 5.69 Å². The first-order valence-electron chi connectivity index (χ1n) is 7.16. The van der Waals surface area contributed by atoms with Crippen LogP contribution in [0.25, 0.3) is 0 Å². The molecule has 0 bridgehead atoms. The maximum absolute atomic E-state index is 9.10. The van der Waals surface area contributed by atoms with Crippen molar-refractivity contribution in [2.45, 2.75) is 13.8 Å². The molecular weight excluding hydrogens is 305 g/mol. The molecule has 0 saturated carbocycles. The Balaban J connectivity index is 1.55. The molecule has 2 aliphatic heterocycles. The maximum atomic E-state index is 9.10. The van der Waals surface area contributed by atoms with Crippen molar-refractivity contribution in [2.24, 2.45) is 10.8 Å². The van der Waals surface area contributed by atoms with Gasteiger partial charge in [-0.15, -0.1) is 0 Å². The van der Waals surface area contributed by atoms with E-state index < -0.39 is 0 Å². The fourth-order valence-corrected chi connectivity index (χ4v) is 3.99. The molecule has 0 radical (unpaired) electrons. The summed E-state index contributed by atoms with van der Waals surface area (Å²) in [4.78, 5) is 4.70. The zero-order chi connectivity index (χ0) is 15.3. The van der Waals surface area contributed by atoms with Crippen LogP contribution in [-0.4, -0.2) is 37.6 Å². The number of nitriles is 1. The molecule has 2 saturated heterocycles. The minimum absolute atomic E-state index is 0.258. The quantitative estimate of drug-likeness (QED) is 0.850. The molecule has 112 valence electrons. The zero-order valence-electron chi connectivity index (χ0n) is 12.4. The van der Waals surface area contributed by atoms with E-state index in [2.05, 4.69) is 15.9 Å². The molecule has 0 aromatic heterocycles. The minimum atomic E-state index is -0.258. The highest BCUT2D eigenvalue weighted by Crippen LogP contribution is 2.43. The van der Waals surface area contributed by atoms with E-state index in [1.54, 1.807) is 6.07 Å². The van der Waals surface area contributed by atoms with Crippen LogP contribution in [0.1, 0.15) is 13.8 Å². The molecule has 3 rings (SSSR count). The number of hydrogen-bond acceptors (Lipinski definition) is 3. The highest BCUT2D eigenvalue weighted by molar-refractivity contribution is 6.35. The summed E-state index contributed by atoms with van der Waals surface area (Å²) in [7, 11) is 0. The smallest absolute Gasteiger partial charge is 0.0697 e. The topological polar surface area (TPSA) is 30.3 Å². The van der Waals surface area contributed by atoms with E-state index in [0.717, 1.165) is 38.4 Å². The van der Waals surface area contributed by atoms with Gasteiger partial charge in [-0.25, -0.2) is 0 Å². The number of benzene rings is 1. The number of halogens is 2. The molecule has 1 aromatic rings. The number of nitrogens with zero attached hydrogens (tertiary/aromatic N) is 3. The van der Waals surface area contributed by atoms with Crippen LogP contribution >= 0.6 is 23.2 Å². The van der Waals surface area contributed by atoms with Gasteiger partial charge in [-0.2, -0.15) is 5.26 Å². The number of hydrogen-bond donors (Lipinski definition) is 0. The average molecular weight is 324 g/mol. The largest absolute Gasteiger partial charge is 0.370 e. The van der Waals surface area contributed by atoms with Crippen molar-refractivity contribution in [1.82, 2.24) is 4.90 Å². The second kappa shape index (κ2) is 5.05. The molecule has 0 amide bonds. The first kappa shape index (κ1) is 15.0. The molecule has 1 spiro atoms. The van der Waals surface area contributed by atoms with E-state index in [1.165, 1.54) is 0 Å². The van der Waals surface area contributed by atoms with Gasteiger partial charge in [-0.05, 0) is 32.0 Å². The Bertz CT molecular complexity index is 572. The Hall–Kier alpha value is -0.950. The second-order valence-corrected chi connectivity index (χ2v) is 8.00. The van der Waals surface area contributed by atoms with Gasteiger partial charge in [0, 0.05) is 53.9 Å². The average Bonchev–Trinajstić information content (AvgIpc) is 2.29. The van der Waals surface area contributed by atoms with Crippen molar-refractivity contribution in [3.05, 3.63) is 28.2 Å². The first-order chi connectivity index (χ1) is 9.81. The van der Waals surface area contributed by atoms with Crippen LogP contribution in [0.15, 0.2) is 18.2 Å². The predicted octanol–water partition coefficient (Wildman–Crippen LogP) is 3.67. The van der Waals surface area contributed by atoms with Gasteiger partial charge in [-0.3, -0.25) is 0 Å². The molecule has 0 unspecified atom stereocenters. The highest BCUT2D eigenvalue weighted by Gasteiger charge is 2.52. The Labute approximate surface area is 136 Å². The Morgan fingerprint density at radius 2 is 1.71 bits per heavy atom. The third-order valence-corrected chi connectivity index (χ3v) is 4.74. The summed E-state index contributed by atoms with van der Waals surface area (Å²) in [6.45, 7) is 9.12. The van der Waals surface area contributed by atoms with E-state index in [0.29, 0.717) is 15.5 Å².